The lowest BCUT2D eigenvalue weighted by Gasteiger charge is -2.12. The molecule has 0 aliphatic carbocycles. The van der Waals surface area contributed by atoms with Crippen molar-refractivity contribution in [3.63, 3.8) is 0 Å². The predicted octanol–water partition coefficient (Wildman–Crippen LogP) is 0.624. The molecule has 3 aromatic rings. The number of carbonyl (C=O) groups is 1. The van der Waals surface area contributed by atoms with Gasteiger partial charge in [0.25, 0.3) is 5.91 Å². The number of aromatic nitrogens is 2. The highest BCUT2D eigenvalue weighted by Crippen LogP contribution is 2.24. The first-order valence-electron chi connectivity index (χ1n) is 10.7. The lowest BCUT2D eigenvalue weighted by molar-refractivity contribution is 0.0946. The zero-order valence-corrected chi connectivity index (χ0v) is 19.9. The van der Waals surface area contributed by atoms with Crippen LogP contribution in [-0.4, -0.2) is 70.2 Å². The number of nitrogens with one attached hydrogen (secondary N) is 1. The Morgan fingerprint density at radius 3 is 2.06 bits per heavy atom. The zero-order valence-electron chi connectivity index (χ0n) is 19.1. The predicted molar refractivity (Wildman–Crippen MR) is 126 cm³/mol. The second kappa shape index (κ2) is 12.1. The van der Waals surface area contributed by atoms with Crippen molar-refractivity contribution in [3.8, 4) is 28.7 Å². The molecule has 1 aromatic heterocycles. The number of hydrogen-bond donors (Lipinski definition) is 3. The Balaban J connectivity index is 1.53. The van der Waals surface area contributed by atoms with Gasteiger partial charge in [0.05, 0.1) is 6.54 Å². The van der Waals surface area contributed by atoms with E-state index in [4.69, 9.17) is 30.1 Å². The van der Waals surface area contributed by atoms with Crippen molar-refractivity contribution in [3.05, 3.63) is 48.0 Å². The number of nitrogens with two attached hydrogens (primary N) is 2. The minimum Gasteiger partial charge on any atom is -0.492 e. The van der Waals surface area contributed by atoms with Gasteiger partial charge < -0.3 is 35.4 Å². The van der Waals surface area contributed by atoms with Crippen LogP contribution in [0.15, 0.2) is 52.1 Å². The van der Waals surface area contributed by atoms with E-state index in [1.54, 1.807) is 42.5 Å². The molecule has 0 aliphatic rings. The van der Waals surface area contributed by atoms with Crippen LogP contribution in [0, 0.1) is 0 Å². The average molecular weight is 506 g/mol. The van der Waals surface area contributed by atoms with Crippen LogP contribution in [0.25, 0.3) is 11.5 Å². The van der Waals surface area contributed by atoms with E-state index in [9.17, 15) is 13.2 Å². The van der Waals surface area contributed by atoms with Crippen molar-refractivity contribution >= 4 is 15.7 Å². The highest BCUT2D eigenvalue weighted by Gasteiger charge is 2.17. The molecule has 0 unspecified atom stereocenters. The Bertz CT molecular complexity index is 1200. The van der Waals surface area contributed by atoms with Gasteiger partial charge in [0.2, 0.25) is 15.7 Å². The molecule has 1 amide bonds. The summed E-state index contributed by atoms with van der Waals surface area (Å²) in [6.45, 7) is 1.74. The number of carbonyl (C=O) groups excluding carboxylic acids is 1. The van der Waals surface area contributed by atoms with Gasteiger partial charge in [-0.3, -0.25) is 4.79 Å². The molecule has 0 spiro atoms. The normalized spacial score (nSPS) is 11.2. The summed E-state index contributed by atoms with van der Waals surface area (Å²) in [5.74, 6) is 1.24. The molecule has 2 aromatic carbocycles. The molecule has 0 radical (unpaired) electrons. The number of nitrogens with zero attached hydrogens (tertiary/aromatic N) is 2. The molecule has 35 heavy (non-hydrogen) atoms. The van der Waals surface area contributed by atoms with Gasteiger partial charge in [-0.05, 0) is 36.4 Å². The number of rotatable bonds is 13. The molecule has 0 aliphatic heterocycles. The van der Waals surface area contributed by atoms with E-state index in [2.05, 4.69) is 15.5 Å². The molecule has 0 saturated carbocycles. The third kappa shape index (κ3) is 7.67. The van der Waals surface area contributed by atoms with E-state index in [-0.39, 0.29) is 24.9 Å². The van der Waals surface area contributed by atoms with Gasteiger partial charge >= 0.3 is 5.22 Å². The number of benzene rings is 2. The van der Waals surface area contributed by atoms with Crippen molar-refractivity contribution in [1.29, 1.82) is 0 Å². The lowest BCUT2D eigenvalue weighted by Crippen LogP contribution is -2.28. The summed E-state index contributed by atoms with van der Waals surface area (Å²) in [5.41, 5.74) is 11.9. The number of ether oxygens (including phenoxy) is 3. The van der Waals surface area contributed by atoms with Crippen LogP contribution in [0.2, 0.25) is 0 Å². The number of hydrogen-bond acceptors (Lipinski definition) is 11. The molecule has 0 atom stereocenters. The fourth-order valence-corrected chi connectivity index (χ4v) is 3.25. The van der Waals surface area contributed by atoms with Gasteiger partial charge in [0, 0.05) is 36.5 Å². The molecule has 12 nitrogen and oxygen atoms in total. The van der Waals surface area contributed by atoms with E-state index in [1.165, 1.54) is 0 Å². The van der Waals surface area contributed by atoms with Crippen molar-refractivity contribution in [1.82, 2.24) is 15.5 Å². The van der Waals surface area contributed by atoms with Crippen LogP contribution in [-0.2, 0) is 9.84 Å². The molecule has 13 heteroatoms. The molecule has 0 saturated heterocycles. The van der Waals surface area contributed by atoms with Crippen LogP contribution in [0.1, 0.15) is 10.4 Å². The standard InChI is InChI=1S/C22H27N5O7S/c1-35(29,30)22-27-26-21(34-22)15-2-4-17(5-3-15)33-11-8-25-20(28)16-12-18(31-9-6-23)14-19(13-16)32-10-7-24/h2-5,12-14H,6-11,23-24H2,1H3,(H,25,28). The maximum Gasteiger partial charge on any atom is 0.335 e. The Morgan fingerprint density at radius 1 is 0.914 bits per heavy atom. The Hall–Kier alpha value is -3.68. The first kappa shape index (κ1) is 25.9. The monoisotopic (exact) mass is 505 g/mol. The van der Waals surface area contributed by atoms with Crippen LogP contribution >= 0.6 is 0 Å². The van der Waals surface area contributed by atoms with E-state index in [0.29, 0.717) is 54.7 Å². The summed E-state index contributed by atoms with van der Waals surface area (Å²) >= 11 is 0. The molecule has 3 rings (SSSR count). The maximum atomic E-state index is 12.6. The summed E-state index contributed by atoms with van der Waals surface area (Å²) in [4.78, 5) is 12.6. The first-order valence-corrected chi connectivity index (χ1v) is 12.5. The zero-order chi connectivity index (χ0) is 25.3. The van der Waals surface area contributed by atoms with E-state index >= 15 is 0 Å². The highest BCUT2D eigenvalue weighted by molar-refractivity contribution is 7.90. The topological polar surface area (TPSA) is 182 Å². The largest absolute Gasteiger partial charge is 0.492 e. The van der Waals surface area contributed by atoms with Crippen molar-refractivity contribution in [2.75, 3.05) is 45.7 Å². The van der Waals surface area contributed by atoms with Crippen LogP contribution in [0.5, 0.6) is 17.2 Å². The molecule has 0 fully saturated rings. The van der Waals surface area contributed by atoms with Gasteiger partial charge in [-0.25, -0.2) is 8.42 Å². The molecule has 188 valence electrons. The van der Waals surface area contributed by atoms with Gasteiger partial charge in [-0.15, -0.1) is 5.10 Å². The summed E-state index contributed by atoms with van der Waals surface area (Å²) in [6.07, 6.45) is 0.987. The van der Waals surface area contributed by atoms with Gasteiger partial charge in [-0.1, -0.05) is 5.10 Å². The van der Waals surface area contributed by atoms with Crippen LogP contribution in [0.3, 0.4) is 0 Å². The Kier molecular flexibility index (Phi) is 9.00. The Morgan fingerprint density at radius 2 is 1.51 bits per heavy atom. The molecule has 1 heterocycles. The fraction of sp³-hybridized carbons (Fsp3) is 0.318. The molecule has 5 N–H and O–H groups in total. The lowest BCUT2D eigenvalue weighted by atomic mass is 10.2. The minimum atomic E-state index is -3.58. The Labute approximate surface area is 202 Å². The van der Waals surface area contributed by atoms with Crippen LogP contribution in [0.4, 0.5) is 0 Å². The van der Waals surface area contributed by atoms with Crippen LogP contribution < -0.4 is 31.0 Å². The van der Waals surface area contributed by atoms with Gasteiger partial charge in [0.15, 0.2) is 0 Å². The van der Waals surface area contributed by atoms with Crippen molar-refractivity contribution in [2.24, 2.45) is 11.5 Å². The summed E-state index contributed by atoms with van der Waals surface area (Å²) in [5, 5.41) is 9.59. The second-order valence-electron chi connectivity index (χ2n) is 7.24. The smallest absolute Gasteiger partial charge is 0.335 e. The minimum absolute atomic E-state index is 0.0803. The summed E-state index contributed by atoms with van der Waals surface area (Å²) in [6, 6.07) is 11.5. The van der Waals surface area contributed by atoms with Crippen molar-refractivity contribution in [2.45, 2.75) is 5.22 Å². The average Bonchev–Trinajstić information content (AvgIpc) is 3.35. The molecular weight excluding hydrogens is 478 g/mol. The third-order valence-electron chi connectivity index (χ3n) is 4.40. The van der Waals surface area contributed by atoms with E-state index in [1.807, 2.05) is 0 Å². The molecular formula is C22H27N5O7S. The summed E-state index contributed by atoms with van der Waals surface area (Å²) in [7, 11) is -3.58. The first-order chi connectivity index (χ1) is 16.8. The molecule has 0 bridgehead atoms. The fourth-order valence-electron chi connectivity index (χ4n) is 2.83. The van der Waals surface area contributed by atoms with E-state index in [0.717, 1.165) is 6.26 Å². The van der Waals surface area contributed by atoms with Gasteiger partial charge in [0.1, 0.15) is 37.1 Å². The second-order valence-corrected chi connectivity index (χ2v) is 9.13. The maximum absolute atomic E-state index is 12.6. The number of amides is 1. The quantitative estimate of drug-likeness (QED) is 0.277. The summed E-state index contributed by atoms with van der Waals surface area (Å²) < 4.78 is 44.8. The van der Waals surface area contributed by atoms with Crippen molar-refractivity contribution < 1.29 is 31.8 Å². The SMILES string of the molecule is CS(=O)(=O)c1nnc(-c2ccc(OCCNC(=O)c3cc(OCCN)cc(OCCN)c3)cc2)o1. The highest BCUT2D eigenvalue weighted by atomic mass is 32.2. The van der Waals surface area contributed by atoms with Gasteiger partial charge in [-0.2, -0.15) is 0 Å². The van der Waals surface area contributed by atoms with E-state index < -0.39 is 15.1 Å². The third-order valence-corrected chi connectivity index (χ3v) is 5.20. The number of sulfone groups is 1.